The highest BCUT2D eigenvalue weighted by molar-refractivity contribution is 5.95. The van der Waals surface area contributed by atoms with E-state index in [0.29, 0.717) is 30.0 Å². The highest BCUT2D eigenvalue weighted by Gasteiger charge is 2.23. The molecule has 1 aromatic heterocycles. The van der Waals surface area contributed by atoms with Crippen molar-refractivity contribution in [2.45, 2.75) is 39.8 Å². The SMILES string of the molecule is COc1cc(CN2CCc3nnc(CCNC(=O)c4ccc(C)cc4C)n3CC2)cc2c1OCO2. The van der Waals surface area contributed by atoms with Gasteiger partial charge in [0, 0.05) is 51.1 Å². The maximum absolute atomic E-state index is 12.6. The minimum absolute atomic E-state index is 0.0524. The lowest BCUT2D eigenvalue weighted by molar-refractivity contribution is 0.0953. The molecular weight excluding hydrogens is 446 g/mol. The highest BCUT2D eigenvalue weighted by Crippen LogP contribution is 2.42. The first-order valence-corrected chi connectivity index (χ1v) is 12.0. The first-order valence-electron chi connectivity index (χ1n) is 12.0. The summed E-state index contributed by atoms with van der Waals surface area (Å²) in [6.45, 7) is 8.09. The van der Waals surface area contributed by atoms with Crippen LogP contribution in [0.1, 0.15) is 38.7 Å². The van der Waals surface area contributed by atoms with E-state index in [1.54, 1.807) is 7.11 Å². The van der Waals surface area contributed by atoms with E-state index >= 15 is 0 Å². The summed E-state index contributed by atoms with van der Waals surface area (Å²) in [5.41, 5.74) is 3.97. The molecule has 9 heteroatoms. The molecule has 1 amide bonds. The van der Waals surface area contributed by atoms with Crippen LogP contribution in [0.15, 0.2) is 30.3 Å². The molecule has 0 saturated heterocycles. The minimum atomic E-state index is -0.0524. The molecule has 3 aromatic rings. The quantitative estimate of drug-likeness (QED) is 0.560. The van der Waals surface area contributed by atoms with Crippen LogP contribution in [0.5, 0.6) is 17.2 Å². The van der Waals surface area contributed by atoms with Gasteiger partial charge in [-0.25, -0.2) is 0 Å². The van der Waals surface area contributed by atoms with Gasteiger partial charge < -0.3 is 24.1 Å². The molecule has 2 aliphatic heterocycles. The smallest absolute Gasteiger partial charge is 0.251 e. The topological polar surface area (TPSA) is 90.7 Å². The molecule has 0 saturated carbocycles. The molecule has 0 spiro atoms. The summed E-state index contributed by atoms with van der Waals surface area (Å²) in [4.78, 5) is 15.0. The Hall–Kier alpha value is -3.59. The number of carbonyl (C=O) groups is 1. The number of hydrogen-bond acceptors (Lipinski definition) is 7. The van der Waals surface area contributed by atoms with Crippen molar-refractivity contribution < 1.29 is 19.0 Å². The number of aryl methyl sites for hydroxylation is 2. The monoisotopic (exact) mass is 477 g/mol. The molecule has 35 heavy (non-hydrogen) atoms. The summed E-state index contributed by atoms with van der Waals surface area (Å²) in [5, 5.41) is 11.9. The van der Waals surface area contributed by atoms with Crippen molar-refractivity contribution in [2.75, 3.05) is 33.5 Å². The second-order valence-electron chi connectivity index (χ2n) is 9.07. The Balaban J connectivity index is 1.18. The molecule has 184 valence electrons. The van der Waals surface area contributed by atoms with Gasteiger partial charge in [-0.15, -0.1) is 10.2 Å². The maximum atomic E-state index is 12.6. The van der Waals surface area contributed by atoms with Crippen molar-refractivity contribution in [3.05, 3.63) is 64.2 Å². The van der Waals surface area contributed by atoms with Crippen LogP contribution in [0.2, 0.25) is 0 Å². The summed E-state index contributed by atoms with van der Waals surface area (Å²) >= 11 is 0. The predicted molar refractivity (Wildman–Crippen MR) is 130 cm³/mol. The van der Waals surface area contributed by atoms with Gasteiger partial charge in [-0.05, 0) is 43.2 Å². The van der Waals surface area contributed by atoms with Crippen molar-refractivity contribution in [1.82, 2.24) is 25.0 Å². The Labute approximate surface area is 205 Å². The van der Waals surface area contributed by atoms with Crippen LogP contribution in [0.3, 0.4) is 0 Å². The number of nitrogens with zero attached hydrogens (tertiary/aromatic N) is 4. The molecule has 5 rings (SSSR count). The third-order valence-corrected chi connectivity index (χ3v) is 6.58. The van der Waals surface area contributed by atoms with E-state index in [2.05, 4.69) is 25.0 Å². The van der Waals surface area contributed by atoms with Gasteiger partial charge in [0.15, 0.2) is 11.5 Å². The second kappa shape index (κ2) is 9.95. The number of fused-ring (bicyclic) bond motifs is 2. The molecule has 0 aliphatic carbocycles. The van der Waals surface area contributed by atoms with Gasteiger partial charge in [-0.3, -0.25) is 9.69 Å². The van der Waals surface area contributed by atoms with E-state index in [-0.39, 0.29) is 12.7 Å². The second-order valence-corrected chi connectivity index (χ2v) is 9.07. The molecule has 2 aromatic carbocycles. The number of rotatable bonds is 7. The van der Waals surface area contributed by atoms with Gasteiger partial charge in [0.1, 0.15) is 11.6 Å². The van der Waals surface area contributed by atoms with Gasteiger partial charge in [0.25, 0.3) is 5.91 Å². The van der Waals surface area contributed by atoms with Gasteiger partial charge in [0.05, 0.1) is 7.11 Å². The third kappa shape index (κ3) is 4.95. The van der Waals surface area contributed by atoms with E-state index in [1.165, 1.54) is 0 Å². The molecule has 3 heterocycles. The Morgan fingerprint density at radius 1 is 1.11 bits per heavy atom. The van der Waals surface area contributed by atoms with Crippen LogP contribution in [0, 0.1) is 13.8 Å². The fraction of sp³-hybridized carbons (Fsp3) is 0.423. The van der Waals surface area contributed by atoms with E-state index < -0.39 is 0 Å². The first kappa shape index (κ1) is 23.2. The molecular formula is C26H31N5O4. The maximum Gasteiger partial charge on any atom is 0.251 e. The van der Waals surface area contributed by atoms with Crippen molar-refractivity contribution in [3.8, 4) is 17.2 Å². The minimum Gasteiger partial charge on any atom is -0.493 e. The average molecular weight is 478 g/mol. The summed E-state index contributed by atoms with van der Waals surface area (Å²) in [7, 11) is 1.64. The van der Waals surface area contributed by atoms with Gasteiger partial charge >= 0.3 is 0 Å². The van der Waals surface area contributed by atoms with E-state index in [4.69, 9.17) is 14.2 Å². The van der Waals surface area contributed by atoms with E-state index in [1.807, 2.05) is 44.2 Å². The van der Waals surface area contributed by atoms with Crippen LogP contribution in [0.25, 0.3) is 0 Å². The number of aromatic nitrogens is 3. The Morgan fingerprint density at radius 2 is 2.00 bits per heavy atom. The largest absolute Gasteiger partial charge is 0.493 e. The Bertz CT molecular complexity index is 1240. The molecule has 0 atom stereocenters. The lowest BCUT2D eigenvalue weighted by Crippen LogP contribution is -2.28. The normalized spacial score (nSPS) is 14.9. The van der Waals surface area contributed by atoms with Gasteiger partial charge in [-0.1, -0.05) is 17.7 Å². The fourth-order valence-corrected chi connectivity index (χ4v) is 4.75. The van der Waals surface area contributed by atoms with Crippen molar-refractivity contribution in [2.24, 2.45) is 0 Å². The number of benzene rings is 2. The summed E-state index contributed by atoms with van der Waals surface area (Å²) in [6, 6.07) is 9.92. The zero-order valence-electron chi connectivity index (χ0n) is 20.5. The predicted octanol–water partition coefficient (Wildman–Crippen LogP) is 2.66. The molecule has 0 bridgehead atoms. The van der Waals surface area contributed by atoms with Crippen molar-refractivity contribution in [3.63, 3.8) is 0 Å². The number of ether oxygens (including phenoxy) is 3. The Kier molecular flexibility index (Phi) is 6.59. The molecule has 0 fully saturated rings. The van der Waals surface area contributed by atoms with Gasteiger partial charge in [0.2, 0.25) is 12.5 Å². The highest BCUT2D eigenvalue weighted by atomic mass is 16.7. The van der Waals surface area contributed by atoms with Gasteiger partial charge in [-0.2, -0.15) is 0 Å². The lowest BCUT2D eigenvalue weighted by atomic mass is 10.1. The molecule has 9 nitrogen and oxygen atoms in total. The zero-order chi connectivity index (χ0) is 24.4. The van der Waals surface area contributed by atoms with Crippen LogP contribution >= 0.6 is 0 Å². The number of methoxy groups -OCH3 is 1. The lowest BCUT2D eigenvalue weighted by Gasteiger charge is -2.20. The van der Waals surface area contributed by atoms with Crippen LogP contribution in [-0.4, -0.2) is 59.1 Å². The Morgan fingerprint density at radius 3 is 2.83 bits per heavy atom. The third-order valence-electron chi connectivity index (χ3n) is 6.58. The number of carbonyl (C=O) groups excluding carboxylic acids is 1. The fourth-order valence-electron chi connectivity index (χ4n) is 4.75. The molecule has 1 N–H and O–H groups in total. The first-order chi connectivity index (χ1) is 17.0. The van der Waals surface area contributed by atoms with Crippen molar-refractivity contribution >= 4 is 5.91 Å². The molecule has 2 aliphatic rings. The summed E-state index contributed by atoms with van der Waals surface area (Å²) in [5.74, 6) is 3.96. The summed E-state index contributed by atoms with van der Waals surface area (Å²) < 4.78 is 18.8. The zero-order valence-corrected chi connectivity index (χ0v) is 20.5. The van der Waals surface area contributed by atoms with E-state index in [0.717, 1.165) is 66.7 Å². The standard InChI is InChI=1S/C26H31N5O4/c1-17-4-5-20(18(2)12-17)26(32)27-8-6-23-28-29-24-7-9-30(10-11-31(23)24)15-19-13-21(33-3)25-22(14-19)34-16-35-25/h4-5,12-14H,6-11,15-16H2,1-3H3,(H,27,32). The number of nitrogens with one attached hydrogen (secondary N) is 1. The van der Waals surface area contributed by atoms with Crippen LogP contribution in [-0.2, 0) is 25.9 Å². The summed E-state index contributed by atoms with van der Waals surface area (Å²) in [6.07, 6.45) is 1.46. The van der Waals surface area contributed by atoms with Crippen molar-refractivity contribution in [1.29, 1.82) is 0 Å². The van der Waals surface area contributed by atoms with Crippen LogP contribution < -0.4 is 19.5 Å². The van der Waals surface area contributed by atoms with Crippen LogP contribution in [0.4, 0.5) is 0 Å². The van der Waals surface area contributed by atoms with E-state index in [9.17, 15) is 4.79 Å². The number of hydrogen-bond donors (Lipinski definition) is 1. The molecule has 0 radical (unpaired) electrons. The number of amides is 1. The molecule has 0 unspecified atom stereocenters. The average Bonchev–Trinajstić information content (AvgIpc) is 3.41.